The van der Waals surface area contributed by atoms with Crippen molar-refractivity contribution in [1.29, 1.82) is 0 Å². The summed E-state index contributed by atoms with van der Waals surface area (Å²) in [5, 5.41) is 0.800. The van der Waals surface area contributed by atoms with Gasteiger partial charge in [-0.1, -0.05) is 18.2 Å². The summed E-state index contributed by atoms with van der Waals surface area (Å²) in [4.78, 5) is 19.3. The summed E-state index contributed by atoms with van der Waals surface area (Å²) < 4.78 is 2.05. The molecular weight excluding hydrogens is 306 g/mol. The van der Waals surface area contributed by atoms with Crippen molar-refractivity contribution in [3.8, 4) is 5.69 Å². The van der Waals surface area contributed by atoms with Crippen molar-refractivity contribution in [2.45, 2.75) is 13.8 Å². The van der Waals surface area contributed by atoms with Gasteiger partial charge in [-0.15, -0.1) is 0 Å². The Balaban J connectivity index is 1.87. The molecule has 1 aromatic heterocycles. The second-order valence-corrected chi connectivity index (χ2v) is 6.11. The van der Waals surface area contributed by atoms with Gasteiger partial charge >= 0.3 is 0 Å². The van der Waals surface area contributed by atoms with Crippen LogP contribution in [0.15, 0.2) is 58.7 Å². The van der Waals surface area contributed by atoms with Crippen LogP contribution in [-0.4, -0.2) is 33.6 Å². The normalized spacial score (nSPS) is 18.3. The van der Waals surface area contributed by atoms with E-state index in [0.29, 0.717) is 13.1 Å². The van der Waals surface area contributed by atoms with Crippen molar-refractivity contribution in [1.82, 2.24) is 9.47 Å². The summed E-state index contributed by atoms with van der Waals surface area (Å²) in [6.45, 7) is 5.28. The zero-order valence-corrected chi connectivity index (χ0v) is 14.1. The van der Waals surface area contributed by atoms with Gasteiger partial charge in [0.1, 0.15) is 0 Å². The molecule has 1 amide bonds. The van der Waals surface area contributed by atoms with E-state index in [1.165, 1.54) is 11.8 Å². The Hall–Kier alpha value is -2.27. The Kier molecular flexibility index (Phi) is 4.67. The number of benzene rings is 1. The molecule has 23 heavy (non-hydrogen) atoms. The van der Waals surface area contributed by atoms with Crippen LogP contribution in [0, 0.1) is 0 Å². The summed E-state index contributed by atoms with van der Waals surface area (Å²) in [5.74, 6) is 0.0390. The zero-order chi connectivity index (χ0) is 16.2. The van der Waals surface area contributed by atoms with Gasteiger partial charge in [-0.05, 0) is 55.4 Å². The molecular formula is C18H19N3OS. The third-order valence-corrected chi connectivity index (χ3v) is 4.61. The highest BCUT2D eigenvalue weighted by Gasteiger charge is 2.31. The molecule has 1 saturated heterocycles. The monoisotopic (exact) mass is 325 g/mol. The number of aliphatic imine (C=N–C) groups is 1. The molecule has 2 aromatic rings. The summed E-state index contributed by atoms with van der Waals surface area (Å²) in [6, 6.07) is 12.1. The second kappa shape index (κ2) is 6.87. The maximum Gasteiger partial charge on any atom is 0.266 e. The van der Waals surface area contributed by atoms with Crippen LogP contribution in [-0.2, 0) is 4.79 Å². The van der Waals surface area contributed by atoms with Gasteiger partial charge in [-0.3, -0.25) is 14.7 Å². The second-order valence-electron chi connectivity index (χ2n) is 5.10. The van der Waals surface area contributed by atoms with Gasteiger partial charge in [-0.25, -0.2) is 0 Å². The molecule has 5 heteroatoms. The van der Waals surface area contributed by atoms with Crippen LogP contribution in [0.25, 0.3) is 11.8 Å². The summed E-state index contributed by atoms with van der Waals surface area (Å²) in [7, 11) is 0. The third kappa shape index (κ3) is 3.24. The van der Waals surface area contributed by atoms with Gasteiger partial charge in [0, 0.05) is 31.2 Å². The minimum absolute atomic E-state index is 0.0390. The lowest BCUT2D eigenvalue weighted by atomic mass is 10.3. The maximum absolute atomic E-state index is 12.5. The first-order valence-corrected chi connectivity index (χ1v) is 8.54. The van der Waals surface area contributed by atoms with Crippen LogP contribution >= 0.6 is 11.8 Å². The topological polar surface area (TPSA) is 37.6 Å². The van der Waals surface area contributed by atoms with Crippen LogP contribution in [0.4, 0.5) is 0 Å². The minimum atomic E-state index is 0.0390. The highest BCUT2D eigenvalue weighted by molar-refractivity contribution is 8.18. The lowest BCUT2D eigenvalue weighted by Crippen LogP contribution is -2.28. The average Bonchev–Trinajstić information content (AvgIpc) is 3.15. The predicted molar refractivity (Wildman–Crippen MR) is 96.7 cm³/mol. The molecule has 2 heterocycles. The van der Waals surface area contributed by atoms with Gasteiger partial charge in [-0.2, -0.15) is 0 Å². The molecule has 1 aliphatic heterocycles. The molecule has 1 aliphatic rings. The van der Waals surface area contributed by atoms with Gasteiger partial charge in [0.15, 0.2) is 5.17 Å². The van der Waals surface area contributed by atoms with Gasteiger partial charge in [0.25, 0.3) is 5.91 Å². The van der Waals surface area contributed by atoms with E-state index in [4.69, 9.17) is 0 Å². The molecule has 1 fully saturated rings. The fourth-order valence-electron chi connectivity index (χ4n) is 2.45. The number of likely N-dealkylation sites (N-methyl/N-ethyl adjacent to an activating group) is 1. The first kappa shape index (κ1) is 15.6. The molecule has 0 bridgehead atoms. The molecule has 118 valence electrons. The highest BCUT2D eigenvalue weighted by atomic mass is 32.2. The number of amides is 1. The fraction of sp³-hybridized carbons (Fsp3) is 0.222. The maximum atomic E-state index is 12.5. The SMILES string of the molecule is CCN=C1S/C(=C/c2ccn(-c3ccccc3)c2)C(=O)N1CC. The van der Waals surface area contributed by atoms with E-state index in [1.54, 1.807) is 4.90 Å². The smallest absolute Gasteiger partial charge is 0.266 e. The van der Waals surface area contributed by atoms with Crippen LogP contribution in [0.2, 0.25) is 0 Å². The molecule has 0 aliphatic carbocycles. The Morgan fingerprint density at radius 2 is 1.96 bits per heavy atom. The molecule has 0 N–H and O–H groups in total. The number of hydrogen-bond acceptors (Lipinski definition) is 3. The van der Waals surface area contributed by atoms with E-state index < -0.39 is 0 Å². The van der Waals surface area contributed by atoms with Crippen molar-refractivity contribution in [3.05, 3.63) is 59.3 Å². The molecule has 0 saturated carbocycles. The number of carbonyl (C=O) groups is 1. The standard InChI is InChI=1S/C18H19N3OS/c1-3-19-18-21(4-2)17(22)16(23-18)12-14-10-11-20(13-14)15-8-6-5-7-9-15/h5-13H,3-4H2,1-2H3/b16-12+,19-18?. The average molecular weight is 325 g/mol. The lowest BCUT2D eigenvalue weighted by Gasteiger charge is -2.11. The van der Waals surface area contributed by atoms with Gasteiger partial charge in [0.2, 0.25) is 0 Å². The molecule has 0 unspecified atom stereocenters. The van der Waals surface area contributed by atoms with Crippen LogP contribution < -0.4 is 0 Å². The van der Waals surface area contributed by atoms with Crippen molar-refractivity contribution >= 4 is 28.9 Å². The first-order valence-electron chi connectivity index (χ1n) is 7.72. The van der Waals surface area contributed by atoms with Crippen molar-refractivity contribution in [2.24, 2.45) is 4.99 Å². The van der Waals surface area contributed by atoms with E-state index in [2.05, 4.69) is 21.7 Å². The van der Waals surface area contributed by atoms with Gasteiger partial charge < -0.3 is 4.57 Å². The Labute approximate surface area is 140 Å². The number of para-hydroxylation sites is 1. The number of hydrogen-bond donors (Lipinski definition) is 0. The number of aromatic nitrogens is 1. The molecule has 0 spiro atoms. The summed E-state index contributed by atoms with van der Waals surface area (Å²) in [5.41, 5.74) is 2.12. The van der Waals surface area contributed by atoms with E-state index in [1.807, 2.05) is 56.6 Å². The Morgan fingerprint density at radius 3 is 2.65 bits per heavy atom. The predicted octanol–water partition coefficient (Wildman–Crippen LogP) is 3.79. The Bertz CT molecular complexity index is 762. The molecule has 3 rings (SSSR count). The Morgan fingerprint density at radius 1 is 1.17 bits per heavy atom. The van der Waals surface area contributed by atoms with Crippen LogP contribution in [0.1, 0.15) is 19.4 Å². The largest absolute Gasteiger partial charge is 0.323 e. The van der Waals surface area contributed by atoms with E-state index in [-0.39, 0.29) is 5.91 Å². The molecule has 4 nitrogen and oxygen atoms in total. The van der Waals surface area contributed by atoms with Crippen LogP contribution in [0.5, 0.6) is 0 Å². The number of thioether (sulfide) groups is 1. The zero-order valence-electron chi connectivity index (χ0n) is 13.3. The molecule has 0 radical (unpaired) electrons. The fourth-order valence-corrected chi connectivity index (χ4v) is 3.56. The van der Waals surface area contributed by atoms with E-state index in [0.717, 1.165) is 21.3 Å². The highest BCUT2D eigenvalue weighted by Crippen LogP contribution is 2.32. The van der Waals surface area contributed by atoms with Crippen molar-refractivity contribution in [3.63, 3.8) is 0 Å². The van der Waals surface area contributed by atoms with E-state index in [9.17, 15) is 4.79 Å². The van der Waals surface area contributed by atoms with Crippen molar-refractivity contribution in [2.75, 3.05) is 13.1 Å². The number of nitrogens with zero attached hydrogens (tertiary/aromatic N) is 3. The number of amidine groups is 1. The summed E-state index contributed by atoms with van der Waals surface area (Å²) in [6.07, 6.45) is 5.97. The third-order valence-electron chi connectivity index (χ3n) is 3.57. The van der Waals surface area contributed by atoms with Crippen molar-refractivity contribution < 1.29 is 4.79 Å². The van der Waals surface area contributed by atoms with Crippen LogP contribution in [0.3, 0.4) is 0 Å². The first-order chi connectivity index (χ1) is 11.2. The molecule has 1 aromatic carbocycles. The van der Waals surface area contributed by atoms with E-state index >= 15 is 0 Å². The minimum Gasteiger partial charge on any atom is -0.323 e. The molecule has 0 atom stereocenters. The quantitative estimate of drug-likeness (QED) is 0.802. The number of carbonyl (C=O) groups excluding carboxylic acids is 1. The van der Waals surface area contributed by atoms with Gasteiger partial charge in [0.05, 0.1) is 4.91 Å². The lowest BCUT2D eigenvalue weighted by molar-refractivity contribution is -0.122. The number of rotatable bonds is 4. The summed E-state index contributed by atoms with van der Waals surface area (Å²) >= 11 is 1.45.